The molecular weight excluding hydrogens is 260 g/mol. The summed E-state index contributed by atoms with van der Waals surface area (Å²) >= 11 is 0. The molecule has 2 heteroatoms. The van der Waals surface area contributed by atoms with Crippen molar-refractivity contribution in [2.45, 2.75) is 96.7 Å². The highest BCUT2D eigenvalue weighted by Gasteiger charge is 2.34. The number of ether oxygens (including phenoxy) is 1. The molecule has 0 aromatic carbocycles. The molecule has 0 spiro atoms. The summed E-state index contributed by atoms with van der Waals surface area (Å²) in [6.45, 7) is 9.86. The van der Waals surface area contributed by atoms with Crippen LogP contribution < -0.4 is 0 Å². The second kappa shape index (κ2) is 7.00. The Bertz CT molecular complexity index is 306. The fourth-order valence-corrected chi connectivity index (χ4v) is 4.14. The maximum Gasteiger partial charge on any atom is 0.0654 e. The van der Waals surface area contributed by atoms with E-state index in [-0.39, 0.29) is 5.60 Å². The van der Waals surface area contributed by atoms with Crippen LogP contribution in [0.2, 0.25) is 0 Å². The molecule has 2 fully saturated rings. The molecule has 2 nitrogen and oxygen atoms in total. The molecule has 124 valence electrons. The Hall–Kier alpha value is -0.0800. The van der Waals surface area contributed by atoms with Crippen LogP contribution in [0.15, 0.2) is 0 Å². The van der Waals surface area contributed by atoms with Crippen LogP contribution in [0.5, 0.6) is 0 Å². The molecular formula is C19H36O2. The molecule has 1 atom stereocenters. The molecule has 2 aliphatic rings. The van der Waals surface area contributed by atoms with E-state index in [2.05, 4.69) is 20.8 Å². The Balaban J connectivity index is 1.73. The predicted molar refractivity (Wildman–Crippen MR) is 88.4 cm³/mol. The lowest BCUT2D eigenvalue weighted by atomic mass is 9.75. The van der Waals surface area contributed by atoms with Crippen molar-refractivity contribution in [3.8, 4) is 0 Å². The number of hydrogen-bond donors (Lipinski definition) is 1. The fraction of sp³-hybridized carbons (Fsp3) is 1.00. The fourth-order valence-electron chi connectivity index (χ4n) is 4.14. The van der Waals surface area contributed by atoms with Gasteiger partial charge in [-0.15, -0.1) is 0 Å². The Kier molecular flexibility index (Phi) is 5.76. The summed E-state index contributed by atoms with van der Waals surface area (Å²) in [7, 11) is 0. The molecule has 2 aliphatic carbocycles. The molecule has 2 saturated carbocycles. The standard InChI is InChI=1S/C19H36O2/c1-5-16-6-12-19(4,13-7-16)21-14-15(2)17-8-10-18(3,20)11-9-17/h15-17,20H,5-14H2,1-4H3. The van der Waals surface area contributed by atoms with Crippen LogP contribution in [-0.4, -0.2) is 22.9 Å². The van der Waals surface area contributed by atoms with Crippen molar-refractivity contribution in [1.82, 2.24) is 0 Å². The second-order valence-corrected chi connectivity index (χ2v) is 8.42. The maximum atomic E-state index is 10.1. The van der Waals surface area contributed by atoms with Crippen molar-refractivity contribution < 1.29 is 9.84 Å². The topological polar surface area (TPSA) is 29.5 Å². The van der Waals surface area contributed by atoms with E-state index in [1.807, 2.05) is 6.92 Å². The van der Waals surface area contributed by atoms with Gasteiger partial charge < -0.3 is 9.84 Å². The lowest BCUT2D eigenvalue weighted by molar-refractivity contribution is -0.0881. The van der Waals surface area contributed by atoms with Crippen LogP contribution in [0.4, 0.5) is 0 Å². The van der Waals surface area contributed by atoms with Gasteiger partial charge in [-0.05, 0) is 83.0 Å². The van der Waals surface area contributed by atoms with E-state index in [1.165, 1.54) is 32.1 Å². The minimum absolute atomic E-state index is 0.125. The molecule has 0 heterocycles. The van der Waals surface area contributed by atoms with Gasteiger partial charge in [0.2, 0.25) is 0 Å². The largest absolute Gasteiger partial charge is 0.390 e. The normalized spacial score (nSPS) is 42.7. The van der Waals surface area contributed by atoms with Crippen LogP contribution in [0, 0.1) is 17.8 Å². The molecule has 21 heavy (non-hydrogen) atoms. The highest BCUT2D eigenvalue weighted by atomic mass is 16.5. The van der Waals surface area contributed by atoms with E-state index in [0.717, 1.165) is 44.1 Å². The molecule has 1 unspecified atom stereocenters. The Labute approximate surface area is 131 Å². The second-order valence-electron chi connectivity index (χ2n) is 8.42. The Morgan fingerprint density at radius 1 is 1.05 bits per heavy atom. The minimum atomic E-state index is -0.415. The van der Waals surface area contributed by atoms with Gasteiger partial charge in [-0.1, -0.05) is 20.3 Å². The molecule has 0 bridgehead atoms. The van der Waals surface area contributed by atoms with Crippen molar-refractivity contribution in [2.75, 3.05) is 6.61 Å². The number of hydrogen-bond acceptors (Lipinski definition) is 2. The van der Waals surface area contributed by atoms with E-state index >= 15 is 0 Å². The quantitative estimate of drug-likeness (QED) is 0.778. The van der Waals surface area contributed by atoms with Crippen molar-refractivity contribution in [2.24, 2.45) is 17.8 Å². The number of rotatable bonds is 5. The molecule has 1 N–H and O–H groups in total. The summed E-state index contributed by atoms with van der Waals surface area (Å²) in [4.78, 5) is 0. The first-order valence-corrected chi connectivity index (χ1v) is 9.20. The first-order chi connectivity index (χ1) is 9.84. The van der Waals surface area contributed by atoms with Crippen molar-refractivity contribution in [3.05, 3.63) is 0 Å². The van der Waals surface area contributed by atoms with Crippen LogP contribution in [0.3, 0.4) is 0 Å². The van der Waals surface area contributed by atoms with Gasteiger partial charge >= 0.3 is 0 Å². The third-order valence-electron chi connectivity index (χ3n) is 6.35. The molecule has 2 rings (SSSR count). The maximum absolute atomic E-state index is 10.1. The molecule has 0 aromatic rings. The highest BCUT2D eigenvalue weighted by molar-refractivity contribution is 4.86. The van der Waals surface area contributed by atoms with Gasteiger partial charge in [0.05, 0.1) is 17.8 Å². The Morgan fingerprint density at radius 2 is 1.62 bits per heavy atom. The van der Waals surface area contributed by atoms with Gasteiger partial charge in [0.25, 0.3) is 0 Å². The minimum Gasteiger partial charge on any atom is -0.390 e. The first-order valence-electron chi connectivity index (χ1n) is 9.20. The zero-order valence-electron chi connectivity index (χ0n) is 14.7. The van der Waals surface area contributed by atoms with Gasteiger partial charge in [0, 0.05) is 0 Å². The average Bonchev–Trinajstić information content (AvgIpc) is 2.46. The van der Waals surface area contributed by atoms with E-state index in [1.54, 1.807) is 0 Å². The smallest absolute Gasteiger partial charge is 0.0654 e. The lowest BCUT2D eigenvalue weighted by Gasteiger charge is -2.40. The van der Waals surface area contributed by atoms with Gasteiger partial charge in [0.15, 0.2) is 0 Å². The van der Waals surface area contributed by atoms with Crippen molar-refractivity contribution in [1.29, 1.82) is 0 Å². The highest BCUT2D eigenvalue weighted by Crippen LogP contribution is 2.39. The van der Waals surface area contributed by atoms with Gasteiger partial charge in [0.1, 0.15) is 0 Å². The first kappa shape index (κ1) is 17.3. The van der Waals surface area contributed by atoms with E-state index in [4.69, 9.17) is 4.74 Å². The summed E-state index contributed by atoms with van der Waals surface area (Å²) in [5.41, 5.74) is -0.290. The average molecular weight is 296 g/mol. The molecule has 0 aromatic heterocycles. The summed E-state index contributed by atoms with van der Waals surface area (Å²) in [5, 5.41) is 10.1. The molecule has 0 amide bonds. The number of aliphatic hydroxyl groups is 1. The summed E-state index contributed by atoms with van der Waals surface area (Å²) in [6.07, 6.45) is 10.7. The van der Waals surface area contributed by atoms with E-state index in [0.29, 0.717) is 5.92 Å². The van der Waals surface area contributed by atoms with Gasteiger partial charge in [-0.2, -0.15) is 0 Å². The third-order valence-corrected chi connectivity index (χ3v) is 6.35. The lowest BCUT2D eigenvalue weighted by Crippen LogP contribution is -2.37. The van der Waals surface area contributed by atoms with Crippen LogP contribution >= 0.6 is 0 Å². The Morgan fingerprint density at radius 3 is 2.14 bits per heavy atom. The van der Waals surface area contributed by atoms with Crippen LogP contribution in [0.25, 0.3) is 0 Å². The van der Waals surface area contributed by atoms with Gasteiger partial charge in [-0.3, -0.25) is 0 Å². The predicted octanol–water partition coefficient (Wildman–Crippen LogP) is 4.94. The summed E-state index contributed by atoms with van der Waals surface area (Å²) in [6, 6.07) is 0. The molecule has 0 saturated heterocycles. The summed E-state index contributed by atoms with van der Waals surface area (Å²) < 4.78 is 6.37. The zero-order chi connectivity index (χ0) is 15.5. The monoisotopic (exact) mass is 296 g/mol. The van der Waals surface area contributed by atoms with E-state index < -0.39 is 5.60 Å². The van der Waals surface area contributed by atoms with E-state index in [9.17, 15) is 5.11 Å². The third kappa shape index (κ3) is 4.96. The van der Waals surface area contributed by atoms with Crippen molar-refractivity contribution in [3.63, 3.8) is 0 Å². The zero-order valence-corrected chi connectivity index (χ0v) is 14.7. The van der Waals surface area contributed by atoms with Gasteiger partial charge in [-0.25, -0.2) is 0 Å². The van der Waals surface area contributed by atoms with Crippen molar-refractivity contribution >= 4 is 0 Å². The summed E-state index contributed by atoms with van der Waals surface area (Å²) in [5.74, 6) is 2.29. The van der Waals surface area contributed by atoms with Crippen LogP contribution in [-0.2, 0) is 4.74 Å². The SMILES string of the molecule is CCC1CCC(C)(OCC(C)C2CCC(C)(O)CC2)CC1. The molecule has 0 radical (unpaired) electrons. The molecule has 0 aliphatic heterocycles. The van der Waals surface area contributed by atoms with Crippen LogP contribution in [0.1, 0.15) is 85.5 Å².